The number of hydrogen-bond acceptors (Lipinski definition) is 3. The number of nitrogens with zero attached hydrogens (tertiary/aromatic N) is 1. The van der Waals surface area contributed by atoms with E-state index in [1.165, 1.54) is 5.56 Å². The summed E-state index contributed by atoms with van der Waals surface area (Å²) in [6, 6.07) is 10.2. The van der Waals surface area contributed by atoms with Gasteiger partial charge in [-0.15, -0.1) is 0 Å². The van der Waals surface area contributed by atoms with Crippen molar-refractivity contribution in [2.24, 2.45) is 5.73 Å². The van der Waals surface area contributed by atoms with Crippen LogP contribution in [-0.4, -0.2) is 37.2 Å². The molecule has 0 aliphatic rings. The molecule has 3 heteroatoms. The summed E-state index contributed by atoms with van der Waals surface area (Å²) in [5.41, 5.74) is 7.02. The molecule has 0 aromatic heterocycles. The van der Waals surface area contributed by atoms with Gasteiger partial charge in [-0.3, -0.25) is 0 Å². The smallest absolute Gasteiger partial charge is 0.0717 e. The minimum absolute atomic E-state index is 0.145. The third-order valence-electron chi connectivity index (χ3n) is 2.41. The number of nitrogens with two attached hydrogens (primary N) is 1. The van der Waals surface area contributed by atoms with E-state index >= 15 is 0 Å². The first-order chi connectivity index (χ1) is 7.97. The van der Waals surface area contributed by atoms with Gasteiger partial charge in [0.05, 0.1) is 13.2 Å². The molecular weight excluding hydrogens is 212 g/mol. The van der Waals surface area contributed by atoms with E-state index in [1.807, 2.05) is 32.0 Å². The Morgan fingerprint density at radius 2 is 1.88 bits per heavy atom. The van der Waals surface area contributed by atoms with Crippen LogP contribution in [0.5, 0.6) is 0 Å². The first kappa shape index (κ1) is 14.2. The third kappa shape index (κ3) is 7.10. The molecule has 0 spiro atoms. The van der Waals surface area contributed by atoms with Crippen molar-refractivity contribution in [2.45, 2.75) is 26.0 Å². The van der Waals surface area contributed by atoms with E-state index in [2.05, 4.69) is 24.1 Å². The third-order valence-corrected chi connectivity index (χ3v) is 2.41. The lowest BCUT2D eigenvalue weighted by atomic mass is 10.1. The van der Waals surface area contributed by atoms with E-state index in [-0.39, 0.29) is 5.54 Å². The molecule has 0 aliphatic heterocycles. The summed E-state index contributed by atoms with van der Waals surface area (Å²) in [7, 11) is 2.07. The molecule has 0 amide bonds. The number of ether oxygens (including phenoxy) is 1. The number of rotatable bonds is 7. The minimum atomic E-state index is -0.145. The Morgan fingerprint density at radius 1 is 1.24 bits per heavy atom. The summed E-state index contributed by atoms with van der Waals surface area (Å²) in [6.07, 6.45) is 0. The highest BCUT2D eigenvalue weighted by Gasteiger charge is 2.13. The lowest BCUT2D eigenvalue weighted by Crippen LogP contribution is -2.44. The molecule has 0 bridgehead atoms. The van der Waals surface area contributed by atoms with Crippen LogP contribution < -0.4 is 5.73 Å². The molecule has 0 radical (unpaired) electrons. The fourth-order valence-corrected chi connectivity index (χ4v) is 1.76. The van der Waals surface area contributed by atoms with Gasteiger partial charge < -0.3 is 15.4 Å². The number of likely N-dealkylation sites (N-methyl/N-ethyl adjacent to an activating group) is 1. The largest absolute Gasteiger partial charge is 0.375 e. The van der Waals surface area contributed by atoms with Gasteiger partial charge in [0.1, 0.15) is 0 Å². The summed E-state index contributed by atoms with van der Waals surface area (Å²) in [4.78, 5) is 2.20. The molecule has 0 aliphatic carbocycles. The van der Waals surface area contributed by atoms with Crippen molar-refractivity contribution in [3.63, 3.8) is 0 Å². The van der Waals surface area contributed by atoms with Crippen LogP contribution in [0.25, 0.3) is 0 Å². The zero-order valence-corrected chi connectivity index (χ0v) is 11.1. The summed E-state index contributed by atoms with van der Waals surface area (Å²) >= 11 is 0. The second-order valence-corrected chi connectivity index (χ2v) is 5.26. The highest BCUT2D eigenvalue weighted by atomic mass is 16.5. The van der Waals surface area contributed by atoms with Crippen LogP contribution in [-0.2, 0) is 11.3 Å². The molecule has 3 nitrogen and oxygen atoms in total. The van der Waals surface area contributed by atoms with Crippen molar-refractivity contribution >= 4 is 0 Å². The van der Waals surface area contributed by atoms with E-state index in [0.29, 0.717) is 6.61 Å². The Hall–Kier alpha value is -0.900. The minimum Gasteiger partial charge on any atom is -0.375 e. The van der Waals surface area contributed by atoms with Gasteiger partial charge in [-0.25, -0.2) is 0 Å². The average molecular weight is 236 g/mol. The molecular formula is C14H24N2O. The van der Waals surface area contributed by atoms with Crippen molar-refractivity contribution in [1.29, 1.82) is 0 Å². The van der Waals surface area contributed by atoms with Gasteiger partial charge in [0, 0.05) is 18.6 Å². The van der Waals surface area contributed by atoms with Crippen molar-refractivity contribution < 1.29 is 4.74 Å². The molecule has 17 heavy (non-hydrogen) atoms. The first-order valence-electron chi connectivity index (χ1n) is 6.06. The Labute approximate surface area is 105 Å². The Balaban J connectivity index is 2.12. The fourth-order valence-electron chi connectivity index (χ4n) is 1.76. The van der Waals surface area contributed by atoms with Crippen LogP contribution in [0.4, 0.5) is 0 Å². The summed E-state index contributed by atoms with van der Waals surface area (Å²) < 4.78 is 5.62. The monoisotopic (exact) mass is 236 g/mol. The zero-order valence-electron chi connectivity index (χ0n) is 11.1. The molecule has 1 rings (SSSR count). The summed E-state index contributed by atoms with van der Waals surface area (Å²) in [5, 5.41) is 0. The van der Waals surface area contributed by atoms with E-state index in [4.69, 9.17) is 10.5 Å². The lowest BCUT2D eigenvalue weighted by molar-refractivity contribution is 0.0951. The standard InChI is InChI=1S/C14H24N2O/c1-14(2,15)12-16(3)9-10-17-11-13-7-5-4-6-8-13/h4-8H,9-12,15H2,1-3H3. The highest BCUT2D eigenvalue weighted by Crippen LogP contribution is 2.02. The van der Waals surface area contributed by atoms with Crippen molar-refractivity contribution in [3.8, 4) is 0 Å². The molecule has 96 valence electrons. The Bertz CT molecular complexity index is 306. The number of hydrogen-bond donors (Lipinski definition) is 1. The van der Waals surface area contributed by atoms with Crippen LogP contribution in [0.15, 0.2) is 30.3 Å². The van der Waals surface area contributed by atoms with Crippen LogP contribution in [0.2, 0.25) is 0 Å². The van der Waals surface area contributed by atoms with Gasteiger partial charge in [-0.1, -0.05) is 30.3 Å². The normalized spacial score (nSPS) is 12.1. The fraction of sp³-hybridized carbons (Fsp3) is 0.571. The average Bonchev–Trinajstić information content (AvgIpc) is 2.23. The quantitative estimate of drug-likeness (QED) is 0.735. The first-order valence-corrected chi connectivity index (χ1v) is 6.06. The van der Waals surface area contributed by atoms with Gasteiger partial charge in [-0.2, -0.15) is 0 Å². The maximum atomic E-state index is 5.95. The maximum absolute atomic E-state index is 5.95. The molecule has 1 aromatic carbocycles. The van der Waals surface area contributed by atoms with Gasteiger partial charge in [0.25, 0.3) is 0 Å². The lowest BCUT2D eigenvalue weighted by Gasteiger charge is -2.26. The Morgan fingerprint density at radius 3 is 2.47 bits per heavy atom. The van der Waals surface area contributed by atoms with E-state index in [0.717, 1.165) is 19.7 Å². The molecule has 0 saturated carbocycles. The second kappa shape index (κ2) is 6.74. The van der Waals surface area contributed by atoms with Crippen LogP contribution in [0.3, 0.4) is 0 Å². The second-order valence-electron chi connectivity index (χ2n) is 5.26. The molecule has 0 atom stereocenters. The van der Waals surface area contributed by atoms with Gasteiger partial charge >= 0.3 is 0 Å². The van der Waals surface area contributed by atoms with Gasteiger partial charge in [0.2, 0.25) is 0 Å². The van der Waals surface area contributed by atoms with Crippen LogP contribution in [0, 0.1) is 0 Å². The summed E-state index contributed by atoms with van der Waals surface area (Å²) in [5.74, 6) is 0. The highest BCUT2D eigenvalue weighted by molar-refractivity contribution is 5.13. The Kier molecular flexibility index (Phi) is 5.62. The van der Waals surface area contributed by atoms with E-state index < -0.39 is 0 Å². The van der Waals surface area contributed by atoms with Crippen LogP contribution in [0.1, 0.15) is 19.4 Å². The molecule has 1 aromatic rings. The topological polar surface area (TPSA) is 38.5 Å². The van der Waals surface area contributed by atoms with Crippen molar-refractivity contribution in [3.05, 3.63) is 35.9 Å². The number of benzene rings is 1. The molecule has 0 fully saturated rings. The van der Waals surface area contributed by atoms with Gasteiger partial charge in [-0.05, 0) is 26.5 Å². The summed E-state index contributed by atoms with van der Waals surface area (Å²) in [6.45, 7) is 7.28. The predicted molar refractivity (Wildman–Crippen MR) is 71.9 cm³/mol. The molecule has 2 N–H and O–H groups in total. The van der Waals surface area contributed by atoms with Crippen LogP contribution >= 0.6 is 0 Å². The van der Waals surface area contributed by atoms with E-state index in [1.54, 1.807) is 0 Å². The van der Waals surface area contributed by atoms with Gasteiger partial charge in [0.15, 0.2) is 0 Å². The van der Waals surface area contributed by atoms with Crippen molar-refractivity contribution in [2.75, 3.05) is 26.7 Å². The molecule has 0 saturated heterocycles. The predicted octanol–water partition coefficient (Wildman–Crippen LogP) is 1.87. The van der Waals surface area contributed by atoms with E-state index in [9.17, 15) is 0 Å². The SMILES string of the molecule is CN(CCOCc1ccccc1)CC(C)(C)N. The molecule has 0 unspecified atom stereocenters. The maximum Gasteiger partial charge on any atom is 0.0717 e. The van der Waals surface area contributed by atoms with Crippen molar-refractivity contribution in [1.82, 2.24) is 4.90 Å². The zero-order chi connectivity index (χ0) is 12.7. The molecule has 0 heterocycles.